The van der Waals surface area contributed by atoms with Crippen molar-refractivity contribution >= 4 is 23.1 Å². The number of aromatic nitrogens is 2. The van der Waals surface area contributed by atoms with Gasteiger partial charge in [-0.25, -0.2) is 8.78 Å². The summed E-state index contributed by atoms with van der Waals surface area (Å²) in [7, 11) is 0. The Hall–Kier alpha value is -1.56. The summed E-state index contributed by atoms with van der Waals surface area (Å²) >= 11 is 5.01. The van der Waals surface area contributed by atoms with Crippen molar-refractivity contribution in [3.05, 3.63) is 38.9 Å². The summed E-state index contributed by atoms with van der Waals surface area (Å²) in [5.74, 6) is -2.06. The van der Waals surface area contributed by atoms with Crippen LogP contribution in [0.4, 0.5) is 8.78 Å². The first kappa shape index (κ1) is 11.9. The highest BCUT2D eigenvalue weighted by molar-refractivity contribution is 7.71. The largest absolute Gasteiger partial charge is 0.331 e. The van der Waals surface area contributed by atoms with Crippen molar-refractivity contribution in [2.24, 2.45) is 0 Å². The third-order valence-electron chi connectivity index (χ3n) is 2.49. The minimum atomic E-state index is -1.05. The fourth-order valence-corrected chi connectivity index (χ4v) is 2.10. The SMILES string of the molecule is CC(C)n1c(=S)[nH]c2cc(F)c(F)cc2c1=O. The van der Waals surface area contributed by atoms with Crippen LogP contribution >= 0.6 is 12.2 Å². The minimum absolute atomic E-state index is 0.0891. The van der Waals surface area contributed by atoms with Gasteiger partial charge in [0.05, 0.1) is 10.9 Å². The molecule has 0 bridgehead atoms. The van der Waals surface area contributed by atoms with Crippen LogP contribution in [0.1, 0.15) is 19.9 Å². The molecule has 2 rings (SSSR count). The van der Waals surface area contributed by atoms with E-state index in [2.05, 4.69) is 4.98 Å². The number of hydrogen-bond acceptors (Lipinski definition) is 2. The topological polar surface area (TPSA) is 37.8 Å². The van der Waals surface area contributed by atoms with E-state index in [4.69, 9.17) is 12.2 Å². The molecule has 0 fully saturated rings. The smallest absolute Gasteiger partial charge is 0.262 e. The number of hydrogen-bond donors (Lipinski definition) is 1. The lowest BCUT2D eigenvalue weighted by Gasteiger charge is -2.11. The van der Waals surface area contributed by atoms with Gasteiger partial charge in [-0.05, 0) is 32.1 Å². The van der Waals surface area contributed by atoms with E-state index in [0.717, 1.165) is 12.1 Å². The molecule has 0 aliphatic carbocycles. The van der Waals surface area contributed by atoms with Gasteiger partial charge in [0.2, 0.25) is 0 Å². The fraction of sp³-hybridized carbons (Fsp3) is 0.273. The zero-order valence-electron chi connectivity index (χ0n) is 9.25. The van der Waals surface area contributed by atoms with Crippen LogP contribution in [0.25, 0.3) is 10.9 Å². The first-order chi connectivity index (χ1) is 7.91. The number of fused-ring (bicyclic) bond motifs is 1. The molecular weight excluding hydrogens is 246 g/mol. The number of halogens is 2. The van der Waals surface area contributed by atoms with Gasteiger partial charge in [0.25, 0.3) is 5.56 Å². The molecule has 2 aromatic rings. The molecule has 1 heterocycles. The van der Waals surface area contributed by atoms with E-state index in [1.807, 2.05) is 0 Å². The van der Waals surface area contributed by atoms with Crippen molar-refractivity contribution in [2.45, 2.75) is 19.9 Å². The van der Waals surface area contributed by atoms with Gasteiger partial charge >= 0.3 is 0 Å². The van der Waals surface area contributed by atoms with E-state index < -0.39 is 17.2 Å². The molecular formula is C11H10F2N2OS. The molecule has 90 valence electrons. The summed E-state index contributed by atoms with van der Waals surface area (Å²) in [6, 6.07) is 1.67. The van der Waals surface area contributed by atoms with Gasteiger partial charge in [-0.15, -0.1) is 0 Å². The van der Waals surface area contributed by atoms with Crippen LogP contribution in [0.15, 0.2) is 16.9 Å². The summed E-state index contributed by atoms with van der Waals surface area (Å²) in [6.45, 7) is 3.58. The second-order valence-corrected chi connectivity index (χ2v) is 4.40. The van der Waals surface area contributed by atoms with Crippen molar-refractivity contribution in [1.29, 1.82) is 0 Å². The highest BCUT2D eigenvalue weighted by atomic mass is 32.1. The molecule has 0 spiro atoms. The predicted molar refractivity (Wildman–Crippen MR) is 63.7 cm³/mol. The Labute approximate surface area is 101 Å². The molecule has 6 heteroatoms. The number of benzene rings is 1. The maximum atomic E-state index is 13.1. The number of H-pyrrole nitrogens is 1. The van der Waals surface area contributed by atoms with Crippen molar-refractivity contribution in [3.8, 4) is 0 Å². The molecule has 17 heavy (non-hydrogen) atoms. The lowest BCUT2D eigenvalue weighted by molar-refractivity contribution is 0.509. The maximum Gasteiger partial charge on any atom is 0.262 e. The third kappa shape index (κ3) is 1.88. The van der Waals surface area contributed by atoms with Crippen molar-refractivity contribution < 1.29 is 8.78 Å². The summed E-state index contributed by atoms with van der Waals surface area (Å²) < 4.78 is 27.7. The average Bonchev–Trinajstić information content (AvgIpc) is 2.21. The average molecular weight is 256 g/mol. The molecule has 3 nitrogen and oxygen atoms in total. The Balaban J connectivity index is 2.98. The zero-order valence-corrected chi connectivity index (χ0v) is 10.1. The normalized spacial score (nSPS) is 11.4. The van der Waals surface area contributed by atoms with Gasteiger partial charge in [0.15, 0.2) is 16.4 Å². The molecule has 0 atom stereocenters. The Morgan fingerprint density at radius 1 is 1.29 bits per heavy atom. The standard InChI is InChI=1S/C11H10F2N2OS/c1-5(2)15-10(16)6-3-7(12)8(13)4-9(6)14-11(15)17/h3-5H,1-2H3,(H,14,17). The molecule has 0 radical (unpaired) electrons. The van der Waals surface area contributed by atoms with Crippen LogP contribution in [0, 0.1) is 16.4 Å². The molecule has 0 amide bonds. The monoisotopic (exact) mass is 256 g/mol. The molecule has 1 aromatic carbocycles. The van der Waals surface area contributed by atoms with Gasteiger partial charge in [-0.1, -0.05) is 0 Å². The second-order valence-electron chi connectivity index (χ2n) is 4.01. The predicted octanol–water partition coefficient (Wildman–Crippen LogP) is 2.92. The van der Waals surface area contributed by atoms with Crippen molar-refractivity contribution in [3.63, 3.8) is 0 Å². The third-order valence-corrected chi connectivity index (χ3v) is 2.79. The van der Waals surface area contributed by atoms with Gasteiger partial charge in [0.1, 0.15) is 0 Å². The van der Waals surface area contributed by atoms with E-state index in [-0.39, 0.29) is 21.7 Å². The van der Waals surface area contributed by atoms with E-state index in [1.165, 1.54) is 4.57 Å². The van der Waals surface area contributed by atoms with Crippen molar-refractivity contribution in [2.75, 3.05) is 0 Å². The van der Waals surface area contributed by atoms with Crippen LogP contribution in [0.5, 0.6) is 0 Å². The first-order valence-corrected chi connectivity index (χ1v) is 5.46. The minimum Gasteiger partial charge on any atom is -0.331 e. The number of nitrogens with one attached hydrogen (secondary N) is 1. The van der Waals surface area contributed by atoms with E-state index in [0.29, 0.717) is 0 Å². The lowest BCUT2D eigenvalue weighted by Crippen LogP contribution is -2.24. The van der Waals surface area contributed by atoms with Gasteiger partial charge < -0.3 is 4.98 Å². The van der Waals surface area contributed by atoms with E-state index >= 15 is 0 Å². The van der Waals surface area contributed by atoms with Gasteiger partial charge in [-0.2, -0.15) is 0 Å². The summed E-state index contributed by atoms with van der Waals surface area (Å²) in [6.07, 6.45) is 0. The van der Waals surface area contributed by atoms with Crippen LogP contribution in [0.3, 0.4) is 0 Å². The Morgan fingerprint density at radius 3 is 2.47 bits per heavy atom. The Morgan fingerprint density at radius 2 is 1.88 bits per heavy atom. The van der Waals surface area contributed by atoms with Crippen LogP contribution in [-0.4, -0.2) is 9.55 Å². The maximum absolute atomic E-state index is 13.1. The van der Waals surface area contributed by atoms with E-state index in [9.17, 15) is 13.6 Å². The number of aromatic amines is 1. The quantitative estimate of drug-likeness (QED) is 0.797. The molecule has 0 aliphatic rings. The Kier molecular flexibility index (Phi) is 2.82. The van der Waals surface area contributed by atoms with Crippen LogP contribution < -0.4 is 5.56 Å². The van der Waals surface area contributed by atoms with Crippen LogP contribution in [-0.2, 0) is 0 Å². The summed E-state index contributed by atoms with van der Waals surface area (Å²) in [5.41, 5.74) is -0.214. The molecule has 0 saturated carbocycles. The van der Waals surface area contributed by atoms with Crippen LogP contribution in [0.2, 0.25) is 0 Å². The first-order valence-electron chi connectivity index (χ1n) is 5.05. The molecule has 1 N–H and O–H groups in total. The van der Waals surface area contributed by atoms with Gasteiger partial charge in [-0.3, -0.25) is 9.36 Å². The highest BCUT2D eigenvalue weighted by Crippen LogP contribution is 2.14. The number of rotatable bonds is 1. The second kappa shape index (κ2) is 4.03. The molecule has 0 saturated heterocycles. The zero-order chi connectivity index (χ0) is 12.7. The fourth-order valence-electron chi connectivity index (χ4n) is 1.69. The Bertz CT molecular complexity index is 703. The molecule has 0 aliphatic heterocycles. The van der Waals surface area contributed by atoms with E-state index in [1.54, 1.807) is 13.8 Å². The summed E-state index contributed by atoms with van der Waals surface area (Å²) in [4.78, 5) is 14.8. The number of nitrogens with zero attached hydrogens (tertiary/aromatic N) is 1. The lowest BCUT2D eigenvalue weighted by atomic mass is 10.2. The molecule has 0 unspecified atom stereocenters. The highest BCUT2D eigenvalue weighted by Gasteiger charge is 2.11. The van der Waals surface area contributed by atoms with Gasteiger partial charge in [0, 0.05) is 12.1 Å². The van der Waals surface area contributed by atoms with Crippen molar-refractivity contribution in [1.82, 2.24) is 9.55 Å². The molecule has 1 aromatic heterocycles. The summed E-state index contributed by atoms with van der Waals surface area (Å²) in [5, 5.41) is 0.0891.